The second-order valence-corrected chi connectivity index (χ2v) is 5.69. The fourth-order valence-corrected chi connectivity index (χ4v) is 3.06. The number of nitrogens with zero attached hydrogens (tertiary/aromatic N) is 5. The van der Waals surface area contributed by atoms with Crippen LogP contribution < -0.4 is 0 Å². The number of nitro groups is 1. The SMILES string of the molecule is O=C(Cn1cnc([N+](=O)[O-])n1)N1CCc2[nH]c3ccccc3c2C1. The van der Waals surface area contributed by atoms with Crippen LogP contribution in [0.15, 0.2) is 30.6 Å². The average molecular weight is 326 g/mol. The van der Waals surface area contributed by atoms with Crippen LogP contribution in [0.1, 0.15) is 11.3 Å². The number of carbonyl (C=O) groups is 1. The Labute approximate surface area is 136 Å². The summed E-state index contributed by atoms with van der Waals surface area (Å²) in [6, 6.07) is 8.02. The molecule has 1 aliphatic heterocycles. The minimum absolute atomic E-state index is 0.0570. The highest BCUT2D eigenvalue weighted by molar-refractivity contribution is 5.86. The van der Waals surface area contributed by atoms with Crippen LogP contribution in [0.25, 0.3) is 10.9 Å². The highest BCUT2D eigenvalue weighted by Crippen LogP contribution is 2.27. The summed E-state index contributed by atoms with van der Waals surface area (Å²) in [5.74, 6) is -0.633. The number of aromatic nitrogens is 4. The molecule has 0 fully saturated rings. The summed E-state index contributed by atoms with van der Waals surface area (Å²) < 4.78 is 1.20. The first kappa shape index (κ1) is 14.4. The topological polar surface area (TPSA) is 110 Å². The lowest BCUT2D eigenvalue weighted by Crippen LogP contribution is -2.38. The molecule has 9 heteroatoms. The lowest BCUT2D eigenvalue weighted by atomic mass is 10.0. The maximum Gasteiger partial charge on any atom is 0.490 e. The number of hydrogen-bond donors (Lipinski definition) is 1. The lowest BCUT2D eigenvalue weighted by molar-refractivity contribution is -0.394. The molecule has 1 aromatic carbocycles. The molecule has 4 rings (SSSR count). The van der Waals surface area contributed by atoms with Crippen LogP contribution in [0.3, 0.4) is 0 Å². The van der Waals surface area contributed by atoms with E-state index in [1.807, 2.05) is 24.3 Å². The molecule has 1 amide bonds. The van der Waals surface area contributed by atoms with E-state index in [9.17, 15) is 14.9 Å². The molecule has 0 spiro atoms. The molecule has 0 saturated heterocycles. The molecule has 0 unspecified atom stereocenters. The monoisotopic (exact) mass is 326 g/mol. The van der Waals surface area contributed by atoms with E-state index in [2.05, 4.69) is 15.1 Å². The smallest absolute Gasteiger partial charge is 0.390 e. The van der Waals surface area contributed by atoms with E-state index in [1.54, 1.807) is 4.90 Å². The first-order valence-electron chi connectivity index (χ1n) is 7.52. The van der Waals surface area contributed by atoms with Gasteiger partial charge in [-0.1, -0.05) is 23.2 Å². The van der Waals surface area contributed by atoms with E-state index in [1.165, 1.54) is 11.0 Å². The summed E-state index contributed by atoms with van der Waals surface area (Å²) in [4.78, 5) is 31.1. The zero-order valence-corrected chi connectivity index (χ0v) is 12.7. The Morgan fingerprint density at radius 2 is 2.21 bits per heavy atom. The van der Waals surface area contributed by atoms with E-state index in [-0.39, 0.29) is 12.5 Å². The predicted octanol–water partition coefficient (Wildman–Crippen LogP) is 1.25. The van der Waals surface area contributed by atoms with Crippen molar-refractivity contribution in [3.63, 3.8) is 0 Å². The Kier molecular flexibility index (Phi) is 3.26. The second kappa shape index (κ2) is 5.44. The molecule has 0 bridgehead atoms. The highest BCUT2D eigenvalue weighted by Gasteiger charge is 2.25. The largest absolute Gasteiger partial charge is 0.490 e. The van der Waals surface area contributed by atoms with Crippen molar-refractivity contribution >= 4 is 22.8 Å². The fraction of sp³-hybridized carbons (Fsp3) is 0.267. The van der Waals surface area contributed by atoms with E-state index in [4.69, 9.17) is 0 Å². The van der Waals surface area contributed by atoms with Crippen LogP contribution in [-0.4, -0.2) is 42.0 Å². The Bertz CT molecular complexity index is 944. The van der Waals surface area contributed by atoms with Gasteiger partial charge in [0.25, 0.3) is 0 Å². The zero-order chi connectivity index (χ0) is 16.7. The number of amides is 1. The minimum atomic E-state index is -0.680. The van der Waals surface area contributed by atoms with Gasteiger partial charge in [-0.3, -0.25) is 4.79 Å². The molecule has 0 aliphatic carbocycles. The summed E-state index contributed by atoms with van der Waals surface area (Å²) in [5.41, 5.74) is 3.37. The van der Waals surface area contributed by atoms with Crippen molar-refractivity contribution in [2.24, 2.45) is 0 Å². The van der Waals surface area contributed by atoms with Crippen LogP contribution in [0.2, 0.25) is 0 Å². The summed E-state index contributed by atoms with van der Waals surface area (Å²) in [7, 11) is 0. The third kappa shape index (κ3) is 2.39. The van der Waals surface area contributed by atoms with Gasteiger partial charge in [0.15, 0.2) is 0 Å². The number of para-hydroxylation sites is 1. The fourth-order valence-electron chi connectivity index (χ4n) is 3.06. The molecular weight excluding hydrogens is 312 g/mol. The summed E-state index contributed by atoms with van der Waals surface area (Å²) >= 11 is 0. The van der Waals surface area contributed by atoms with E-state index < -0.39 is 10.9 Å². The lowest BCUT2D eigenvalue weighted by Gasteiger charge is -2.27. The van der Waals surface area contributed by atoms with Gasteiger partial charge < -0.3 is 20.0 Å². The number of nitrogens with one attached hydrogen (secondary N) is 1. The van der Waals surface area contributed by atoms with E-state index >= 15 is 0 Å². The quantitative estimate of drug-likeness (QED) is 0.575. The van der Waals surface area contributed by atoms with Gasteiger partial charge in [-0.25, -0.2) is 0 Å². The maximum absolute atomic E-state index is 12.5. The van der Waals surface area contributed by atoms with Crippen molar-refractivity contribution in [3.05, 3.63) is 52.0 Å². The Balaban J connectivity index is 1.53. The normalized spacial score (nSPS) is 13.9. The van der Waals surface area contributed by atoms with Crippen molar-refractivity contribution < 1.29 is 9.72 Å². The van der Waals surface area contributed by atoms with Crippen LogP contribution in [0, 0.1) is 10.1 Å². The van der Waals surface area contributed by atoms with Crippen molar-refractivity contribution in [2.45, 2.75) is 19.5 Å². The van der Waals surface area contributed by atoms with Gasteiger partial charge in [-0.2, -0.15) is 4.68 Å². The minimum Gasteiger partial charge on any atom is -0.390 e. The number of rotatable bonds is 3. The summed E-state index contributed by atoms with van der Waals surface area (Å²) in [5, 5.41) is 15.4. The van der Waals surface area contributed by atoms with Gasteiger partial charge in [-0.15, -0.1) is 0 Å². The molecule has 1 aliphatic rings. The number of carbonyl (C=O) groups excluding carboxylic acids is 1. The maximum atomic E-state index is 12.5. The number of fused-ring (bicyclic) bond motifs is 3. The number of aromatic amines is 1. The van der Waals surface area contributed by atoms with Gasteiger partial charge >= 0.3 is 5.95 Å². The van der Waals surface area contributed by atoms with Crippen LogP contribution in [0.4, 0.5) is 5.95 Å². The standard InChI is InChI=1S/C15H14N6O3/c22-14(8-20-9-16-15(18-20)21(23)24)19-6-5-13-11(7-19)10-3-1-2-4-12(10)17-13/h1-4,9,17H,5-8H2. The molecular formula is C15H14N6O3. The van der Waals surface area contributed by atoms with Crippen LogP contribution in [-0.2, 0) is 24.3 Å². The van der Waals surface area contributed by atoms with Gasteiger partial charge in [0.05, 0.1) is 0 Å². The van der Waals surface area contributed by atoms with Gasteiger partial charge in [0, 0.05) is 46.8 Å². The molecule has 0 atom stereocenters. The van der Waals surface area contributed by atoms with Crippen LogP contribution >= 0.6 is 0 Å². The first-order chi connectivity index (χ1) is 11.6. The summed E-state index contributed by atoms with van der Waals surface area (Å²) in [6.45, 7) is 1.07. The van der Waals surface area contributed by atoms with E-state index in [0.717, 1.165) is 28.6 Å². The third-order valence-corrected chi connectivity index (χ3v) is 4.22. The first-order valence-corrected chi connectivity index (χ1v) is 7.52. The Morgan fingerprint density at radius 1 is 1.38 bits per heavy atom. The van der Waals surface area contributed by atoms with E-state index in [0.29, 0.717) is 13.1 Å². The molecule has 2 aromatic heterocycles. The van der Waals surface area contributed by atoms with Crippen molar-refractivity contribution in [1.29, 1.82) is 0 Å². The molecule has 122 valence electrons. The number of H-pyrrole nitrogens is 1. The Hall–Kier alpha value is -3.23. The second-order valence-electron chi connectivity index (χ2n) is 5.69. The third-order valence-electron chi connectivity index (χ3n) is 4.22. The number of benzene rings is 1. The molecule has 0 radical (unpaired) electrons. The van der Waals surface area contributed by atoms with Crippen LogP contribution in [0.5, 0.6) is 0 Å². The van der Waals surface area contributed by atoms with Gasteiger partial charge in [-0.05, 0) is 11.0 Å². The molecule has 0 saturated carbocycles. The van der Waals surface area contributed by atoms with Gasteiger partial charge in [0.2, 0.25) is 12.2 Å². The Morgan fingerprint density at radius 3 is 3.00 bits per heavy atom. The van der Waals surface area contributed by atoms with Crippen molar-refractivity contribution in [2.75, 3.05) is 6.54 Å². The number of hydrogen-bond acceptors (Lipinski definition) is 5. The predicted molar refractivity (Wildman–Crippen MR) is 84.1 cm³/mol. The molecule has 3 heterocycles. The zero-order valence-electron chi connectivity index (χ0n) is 12.7. The van der Waals surface area contributed by atoms with Crippen molar-refractivity contribution in [3.8, 4) is 0 Å². The van der Waals surface area contributed by atoms with Gasteiger partial charge in [0.1, 0.15) is 6.54 Å². The molecule has 9 nitrogen and oxygen atoms in total. The highest BCUT2D eigenvalue weighted by atomic mass is 16.6. The summed E-state index contributed by atoms with van der Waals surface area (Å²) in [6.07, 6.45) is 1.96. The molecule has 1 N–H and O–H groups in total. The molecule has 24 heavy (non-hydrogen) atoms. The average Bonchev–Trinajstić information content (AvgIpc) is 3.18. The van der Waals surface area contributed by atoms with Crippen molar-refractivity contribution in [1.82, 2.24) is 24.6 Å². The molecule has 3 aromatic rings.